The highest BCUT2D eigenvalue weighted by Crippen LogP contribution is 2.16. The number of carbonyl (C=O) groups excluding carboxylic acids is 1. The molecule has 0 aromatic rings. The standard InChI is InChI=1S/C12H24N2O3/c1-6-11(4,5)13-10(17)14-12(7-2,8-3)9(15)16/h6-8H2,1-5H3,(H,15,16)(H2,13,14,17). The molecule has 0 heterocycles. The average molecular weight is 244 g/mol. The Bertz CT molecular complexity index is 283. The van der Waals surface area contributed by atoms with Crippen LogP contribution in [0.1, 0.15) is 53.9 Å². The van der Waals surface area contributed by atoms with Crippen molar-refractivity contribution in [2.45, 2.75) is 65.0 Å². The lowest BCUT2D eigenvalue weighted by Crippen LogP contribution is -2.59. The van der Waals surface area contributed by atoms with Gasteiger partial charge in [-0.1, -0.05) is 20.8 Å². The van der Waals surface area contributed by atoms with Gasteiger partial charge in [-0.05, 0) is 33.1 Å². The van der Waals surface area contributed by atoms with Gasteiger partial charge in [-0.3, -0.25) is 0 Å². The molecule has 17 heavy (non-hydrogen) atoms. The van der Waals surface area contributed by atoms with E-state index in [2.05, 4.69) is 10.6 Å². The van der Waals surface area contributed by atoms with Crippen LogP contribution in [-0.2, 0) is 4.79 Å². The van der Waals surface area contributed by atoms with Crippen LogP contribution >= 0.6 is 0 Å². The predicted molar refractivity (Wildman–Crippen MR) is 67.0 cm³/mol. The number of urea groups is 1. The van der Waals surface area contributed by atoms with E-state index in [1.165, 1.54) is 0 Å². The van der Waals surface area contributed by atoms with Crippen LogP contribution in [-0.4, -0.2) is 28.2 Å². The molecule has 0 saturated carbocycles. The van der Waals surface area contributed by atoms with Crippen LogP contribution in [0.15, 0.2) is 0 Å². The summed E-state index contributed by atoms with van der Waals surface area (Å²) in [4.78, 5) is 23.0. The smallest absolute Gasteiger partial charge is 0.329 e. The summed E-state index contributed by atoms with van der Waals surface area (Å²) < 4.78 is 0. The molecule has 0 aliphatic rings. The monoisotopic (exact) mass is 244 g/mol. The molecule has 0 unspecified atom stereocenters. The minimum atomic E-state index is -1.17. The van der Waals surface area contributed by atoms with E-state index in [1.807, 2.05) is 20.8 Å². The van der Waals surface area contributed by atoms with Crippen molar-refractivity contribution in [1.82, 2.24) is 10.6 Å². The highest BCUT2D eigenvalue weighted by Gasteiger charge is 2.37. The Labute approximate surface area is 103 Å². The normalized spacial score (nSPS) is 12.1. The number of nitrogens with one attached hydrogen (secondary N) is 2. The van der Waals surface area contributed by atoms with Crippen molar-refractivity contribution in [3.05, 3.63) is 0 Å². The Morgan fingerprint density at radius 3 is 1.76 bits per heavy atom. The Balaban J connectivity index is 4.69. The molecule has 0 aromatic heterocycles. The summed E-state index contributed by atoms with van der Waals surface area (Å²) >= 11 is 0. The van der Waals surface area contributed by atoms with Crippen LogP contribution < -0.4 is 10.6 Å². The average Bonchev–Trinajstić information content (AvgIpc) is 2.25. The van der Waals surface area contributed by atoms with Crippen LogP contribution in [0.4, 0.5) is 4.79 Å². The zero-order valence-corrected chi connectivity index (χ0v) is 11.4. The molecule has 2 amide bonds. The van der Waals surface area contributed by atoms with Crippen LogP contribution in [0.25, 0.3) is 0 Å². The third-order valence-corrected chi connectivity index (χ3v) is 3.31. The van der Waals surface area contributed by atoms with Gasteiger partial charge in [0, 0.05) is 5.54 Å². The van der Waals surface area contributed by atoms with Crippen molar-refractivity contribution in [3.8, 4) is 0 Å². The summed E-state index contributed by atoms with van der Waals surface area (Å²) in [5.74, 6) is -0.994. The molecule has 0 rings (SSSR count). The predicted octanol–water partition coefficient (Wildman–Crippen LogP) is 2.12. The van der Waals surface area contributed by atoms with E-state index in [0.717, 1.165) is 6.42 Å². The maximum Gasteiger partial charge on any atom is 0.329 e. The Hall–Kier alpha value is -1.26. The maximum absolute atomic E-state index is 11.8. The first-order valence-electron chi connectivity index (χ1n) is 6.06. The van der Waals surface area contributed by atoms with E-state index in [1.54, 1.807) is 13.8 Å². The van der Waals surface area contributed by atoms with Crippen LogP contribution in [0, 0.1) is 0 Å². The molecular weight excluding hydrogens is 220 g/mol. The second kappa shape index (κ2) is 5.89. The molecule has 0 atom stereocenters. The maximum atomic E-state index is 11.8. The van der Waals surface area contributed by atoms with E-state index in [0.29, 0.717) is 12.8 Å². The summed E-state index contributed by atoms with van der Waals surface area (Å²) in [6, 6.07) is -0.428. The van der Waals surface area contributed by atoms with Crippen molar-refractivity contribution in [3.63, 3.8) is 0 Å². The fourth-order valence-corrected chi connectivity index (χ4v) is 1.43. The van der Waals surface area contributed by atoms with Crippen molar-refractivity contribution in [1.29, 1.82) is 0 Å². The number of carbonyl (C=O) groups is 2. The number of carboxylic acid groups (broad SMARTS) is 1. The van der Waals surface area contributed by atoms with E-state index in [-0.39, 0.29) is 5.54 Å². The van der Waals surface area contributed by atoms with Gasteiger partial charge in [0.25, 0.3) is 0 Å². The Kier molecular flexibility index (Phi) is 5.45. The second-order valence-corrected chi connectivity index (χ2v) is 4.91. The number of hydrogen-bond donors (Lipinski definition) is 3. The summed E-state index contributed by atoms with van der Waals surface area (Å²) in [5.41, 5.74) is -1.51. The second-order valence-electron chi connectivity index (χ2n) is 4.91. The van der Waals surface area contributed by atoms with Gasteiger partial charge >= 0.3 is 12.0 Å². The molecule has 0 bridgehead atoms. The van der Waals surface area contributed by atoms with E-state index in [4.69, 9.17) is 0 Å². The third-order valence-electron chi connectivity index (χ3n) is 3.31. The quantitative estimate of drug-likeness (QED) is 0.669. The lowest BCUT2D eigenvalue weighted by molar-refractivity contribution is -0.144. The first-order valence-corrected chi connectivity index (χ1v) is 6.06. The minimum Gasteiger partial charge on any atom is -0.480 e. The summed E-state index contributed by atoms with van der Waals surface area (Å²) in [6.07, 6.45) is 1.50. The highest BCUT2D eigenvalue weighted by atomic mass is 16.4. The SMILES string of the molecule is CCC(C)(C)NC(=O)NC(CC)(CC)C(=O)O. The summed E-state index contributed by atoms with van der Waals surface area (Å²) in [5, 5.41) is 14.5. The van der Waals surface area contributed by atoms with Crippen molar-refractivity contribution in [2.75, 3.05) is 0 Å². The number of amides is 2. The zero-order valence-electron chi connectivity index (χ0n) is 11.4. The molecule has 100 valence electrons. The molecule has 0 saturated heterocycles. The van der Waals surface area contributed by atoms with Gasteiger partial charge < -0.3 is 15.7 Å². The van der Waals surface area contributed by atoms with Gasteiger partial charge in [0.15, 0.2) is 0 Å². The van der Waals surface area contributed by atoms with E-state index in [9.17, 15) is 14.7 Å². The van der Waals surface area contributed by atoms with Crippen LogP contribution in [0.5, 0.6) is 0 Å². The highest BCUT2D eigenvalue weighted by molar-refractivity contribution is 5.86. The molecule has 5 heteroatoms. The molecule has 0 spiro atoms. The van der Waals surface area contributed by atoms with Gasteiger partial charge in [0.05, 0.1) is 0 Å². The number of carboxylic acids is 1. The van der Waals surface area contributed by atoms with Gasteiger partial charge in [-0.2, -0.15) is 0 Å². The number of rotatable bonds is 6. The van der Waals surface area contributed by atoms with E-state index >= 15 is 0 Å². The zero-order chi connectivity index (χ0) is 13.7. The summed E-state index contributed by atoms with van der Waals surface area (Å²) in [7, 11) is 0. The Morgan fingerprint density at radius 2 is 1.47 bits per heavy atom. The van der Waals surface area contributed by atoms with Crippen LogP contribution in [0.2, 0.25) is 0 Å². The molecule has 5 nitrogen and oxygen atoms in total. The fraction of sp³-hybridized carbons (Fsp3) is 0.833. The third kappa shape index (κ3) is 4.24. The van der Waals surface area contributed by atoms with Crippen molar-refractivity contribution in [2.24, 2.45) is 0 Å². The molecule has 0 aromatic carbocycles. The number of aliphatic carboxylic acids is 1. The molecule has 0 fully saturated rings. The number of hydrogen-bond acceptors (Lipinski definition) is 2. The summed E-state index contributed by atoms with van der Waals surface area (Å²) in [6.45, 7) is 9.26. The molecule has 0 aliphatic carbocycles. The van der Waals surface area contributed by atoms with Crippen molar-refractivity contribution < 1.29 is 14.7 Å². The minimum absolute atomic E-state index is 0.337. The van der Waals surface area contributed by atoms with Gasteiger partial charge in [-0.25, -0.2) is 9.59 Å². The topological polar surface area (TPSA) is 78.4 Å². The van der Waals surface area contributed by atoms with Gasteiger partial charge in [0.1, 0.15) is 5.54 Å². The molecule has 0 radical (unpaired) electrons. The van der Waals surface area contributed by atoms with E-state index < -0.39 is 17.5 Å². The molecule has 0 aliphatic heterocycles. The fourth-order valence-electron chi connectivity index (χ4n) is 1.43. The molecular formula is C12H24N2O3. The first kappa shape index (κ1) is 15.7. The lowest BCUT2D eigenvalue weighted by atomic mass is 9.93. The van der Waals surface area contributed by atoms with Gasteiger partial charge in [-0.15, -0.1) is 0 Å². The first-order chi connectivity index (χ1) is 7.73. The molecule has 3 N–H and O–H groups in total. The van der Waals surface area contributed by atoms with Crippen molar-refractivity contribution >= 4 is 12.0 Å². The van der Waals surface area contributed by atoms with Gasteiger partial charge in [0.2, 0.25) is 0 Å². The Morgan fingerprint density at radius 1 is 1.00 bits per heavy atom. The van der Waals surface area contributed by atoms with Crippen LogP contribution in [0.3, 0.4) is 0 Å². The largest absolute Gasteiger partial charge is 0.480 e. The lowest BCUT2D eigenvalue weighted by Gasteiger charge is -2.31.